The first-order chi connectivity index (χ1) is 25.6. The first kappa shape index (κ1) is 40.2. The molecule has 6 rings (SSSR count). The molecule has 6 aromatic rings. The number of anilines is 4. The summed E-state index contributed by atoms with van der Waals surface area (Å²) < 4.78 is 107. The highest BCUT2D eigenvalue weighted by molar-refractivity contribution is 7.93. The lowest BCUT2D eigenvalue weighted by atomic mass is 10.3. The van der Waals surface area contributed by atoms with Crippen LogP contribution in [0.15, 0.2) is 118 Å². The van der Waals surface area contributed by atoms with E-state index in [1.165, 1.54) is 23.6 Å². The fourth-order valence-corrected chi connectivity index (χ4v) is 8.45. The van der Waals surface area contributed by atoms with Gasteiger partial charge in [-0.1, -0.05) is 47.5 Å². The molecule has 0 saturated heterocycles. The van der Waals surface area contributed by atoms with Crippen LogP contribution in [0.2, 0.25) is 10.0 Å². The van der Waals surface area contributed by atoms with Crippen LogP contribution in [0.4, 0.5) is 40.3 Å². The van der Waals surface area contributed by atoms with Crippen molar-refractivity contribution >= 4 is 100 Å². The summed E-state index contributed by atoms with van der Waals surface area (Å²) in [7, 11) is -8.42. The Hall–Kier alpha value is -4.98. The molecule has 0 atom stereocenters. The molecule has 0 aliphatic rings. The Morgan fingerprint density at radius 3 is 1.50 bits per heavy atom. The maximum Gasteiger partial charge on any atom is 0.267 e. The highest BCUT2D eigenvalue weighted by atomic mass is 35.5. The van der Waals surface area contributed by atoms with Crippen molar-refractivity contribution in [1.29, 1.82) is 0 Å². The molecular formula is C34H22Cl2F4N4O6S4. The Morgan fingerprint density at radius 2 is 1.02 bits per heavy atom. The summed E-state index contributed by atoms with van der Waals surface area (Å²) in [5, 5.41) is 8.62. The van der Waals surface area contributed by atoms with Crippen molar-refractivity contribution in [2.45, 2.75) is 9.79 Å². The zero-order valence-electron chi connectivity index (χ0n) is 26.7. The molecule has 2 amide bonds. The highest BCUT2D eigenvalue weighted by Crippen LogP contribution is 2.32. The molecule has 0 radical (unpaired) electrons. The summed E-state index contributed by atoms with van der Waals surface area (Å²) in [6, 6.07) is 20.5. The summed E-state index contributed by atoms with van der Waals surface area (Å²) in [6.45, 7) is 0. The van der Waals surface area contributed by atoms with E-state index in [9.17, 15) is 44.0 Å². The largest absolute Gasteiger partial charge is 0.321 e. The quantitative estimate of drug-likeness (QED) is 0.101. The van der Waals surface area contributed by atoms with E-state index in [1.807, 2.05) is 0 Å². The summed E-state index contributed by atoms with van der Waals surface area (Å²) in [6.07, 6.45) is 0. The zero-order chi connectivity index (χ0) is 39.2. The van der Waals surface area contributed by atoms with Crippen LogP contribution >= 0.6 is 45.9 Å². The minimum atomic E-state index is -4.24. The molecule has 0 spiro atoms. The molecule has 2 heterocycles. The summed E-state index contributed by atoms with van der Waals surface area (Å²) in [4.78, 5) is 24.2. The number of benzene rings is 4. The van der Waals surface area contributed by atoms with E-state index in [4.69, 9.17) is 23.2 Å². The number of carbonyl (C=O) groups is 2. The molecule has 20 heteroatoms. The first-order valence-electron chi connectivity index (χ1n) is 14.8. The van der Waals surface area contributed by atoms with Crippen LogP contribution < -0.4 is 20.1 Å². The minimum absolute atomic E-state index is 0.0228. The number of sulfonamides is 2. The number of amides is 2. The van der Waals surface area contributed by atoms with Crippen molar-refractivity contribution in [2.75, 3.05) is 20.1 Å². The standard InChI is InChI=1S/C17H10Cl2F2N2O3S2.C17H12F2N2O3S2/c18-10-2-1-3-13(15(10)19)22-17(24)16-14(6-7-27-16)23-28(25,26)9-4-5-11(20)12(21)8-9;18-13-7-6-12(10-14(13)19)26(23,24)21-15-8-9-25-16(15)17(22)20-11-4-2-1-3-5-11/h1-8,23H,(H,22,24);1-10,21H,(H,20,22). The molecule has 4 aromatic carbocycles. The Morgan fingerprint density at radius 1 is 0.537 bits per heavy atom. The number of nitrogens with one attached hydrogen (secondary N) is 4. The van der Waals surface area contributed by atoms with Crippen LogP contribution in [0.3, 0.4) is 0 Å². The van der Waals surface area contributed by atoms with Gasteiger partial charge in [0.1, 0.15) is 9.75 Å². The van der Waals surface area contributed by atoms with Crippen molar-refractivity contribution in [1.82, 2.24) is 0 Å². The lowest BCUT2D eigenvalue weighted by molar-refractivity contribution is 0.102. The van der Waals surface area contributed by atoms with Crippen molar-refractivity contribution in [2.24, 2.45) is 0 Å². The van der Waals surface area contributed by atoms with Crippen LogP contribution in [0.1, 0.15) is 19.3 Å². The second-order valence-electron chi connectivity index (χ2n) is 10.6. The van der Waals surface area contributed by atoms with Gasteiger partial charge in [-0.2, -0.15) is 0 Å². The second kappa shape index (κ2) is 17.0. The molecule has 0 unspecified atom stereocenters. The van der Waals surface area contributed by atoms with Gasteiger partial charge in [0.05, 0.1) is 36.9 Å². The van der Waals surface area contributed by atoms with Crippen molar-refractivity contribution in [3.05, 3.63) is 151 Å². The molecule has 54 heavy (non-hydrogen) atoms. The molecule has 0 bridgehead atoms. The molecule has 0 fully saturated rings. The second-order valence-corrected chi connectivity index (χ2v) is 16.5. The highest BCUT2D eigenvalue weighted by Gasteiger charge is 2.23. The van der Waals surface area contributed by atoms with E-state index >= 15 is 0 Å². The Kier molecular flexibility index (Phi) is 12.7. The Labute approximate surface area is 323 Å². The minimum Gasteiger partial charge on any atom is -0.321 e. The number of thiophene rings is 2. The average Bonchev–Trinajstić information content (AvgIpc) is 3.79. The number of hydrogen-bond donors (Lipinski definition) is 4. The van der Waals surface area contributed by atoms with E-state index in [0.717, 1.165) is 40.9 Å². The van der Waals surface area contributed by atoms with Gasteiger partial charge in [-0.25, -0.2) is 34.4 Å². The molecular weight excluding hydrogens is 836 g/mol. The fraction of sp³-hybridized carbons (Fsp3) is 0. The Balaban J connectivity index is 0.000000208. The number of para-hydroxylation sites is 1. The van der Waals surface area contributed by atoms with Gasteiger partial charge in [0.2, 0.25) is 0 Å². The van der Waals surface area contributed by atoms with Crippen LogP contribution in [0.25, 0.3) is 0 Å². The molecule has 0 saturated carbocycles. The smallest absolute Gasteiger partial charge is 0.267 e. The van der Waals surface area contributed by atoms with E-state index < -0.39 is 64.9 Å². The van der Waals surface area contributed by atoms with Crippen LogP contribution in [-0.4, -0.2) is 28.6 Å². The van der Waals surface area contributed by atoms with Gasteiger partial charge in [-0.3, -0.25) is 19.0 Å². The number of halogens is 6. The maximum atomic E-state index is 13.4. The van der Waals surface area contributed by atoms with E-state index in [2.05, 4.69) is 20.1 Å². The van der Waals surface area contributed by atoms with E-state index in [1.54, 1.807) is 47.8 Å². The number of carbonyl (C=O) groups excluding carboxylic acids is 2. The lowest BCUT2D eigenvalue weighted by Gasteiger charge is -2.11. The van der Waals surface area contributed by atoms with E-state index in [0.29, 0.717) is 23.9 Å². The van der Waals surface area contributed by atoms with Gasteiger partial charge in [0.25, 0.3) is 31.9 Å². The molecule has 280 valence electrons. The zero-order valence-corrected chi connectivity index (χ0v) is 31.5. The average molecular weight is 858 g/mol. The molecule has 4 N–H and O–H groups in total. The topological polar surface area (TPSA) is 151 Å². The van der Waals surface area contributed by atoms with Gasteiger partial charge in [0.15, 0.2) is 23.3 Å². The van der Waals surface area contributed by atoms with E-state index in [-0.39, 0.29) is 36.9 Å². The first-order valence-corrected chi connectivity index (χ1v) is 20.3. The molecule has 0 aliphatic carbocycles. The third-order valence-electron chi connectivity index (χ3n) is 6.87. The van der Waals surface area contributed by atoms with Crippen LogP contribution in [-0.2, 0) is 20.0 Å². The lowest BCUT2D eigenvalue weighted by Crippen LogP contribution is -2.17. The van der Waals surface area contributed by atoms with Gasteiger partial charge in [0, 0.05) is 5.69 Å². The van der Waals surface area contributed by atoms with Crippen molar-refractivity contribution in [3.8, 4) is 0 Å². The van der Waals surface area contributed by atoms with Gasteiger partial charge >= 0.3 is 0 Å². The summed E-state index contributed by atoms with van der Waals surface area (Å²) >= 11 is 14.0. The molecule has 2 aromatic heterocycles. The number of hydrogen-bond acceptors (Lipinski definition) is 8. The predicted molar refractivity (Wildman–Crippen MR) is 202 cm³/mol. The fourth-order valence-electron chi connectivity index (χ4n) is 4.32. The summed E-state index contributed by atoms with van der Waals surface area (Å²) in [5.41, 5.74) is 0.834. The van der Waals surface area contributed by atoms with Crippen molar-refractivity contribution < 1.29 is 44.0 Å². The monoisotopic (exact) mass is 856 g/mol. The molecule has 10 nitrogen and oxygen atoms in total. The van der Waals surface area contributed by atoms with Crippen LogP contribution in [0, 0.1) is 23.3 Å². The summed E-state index contributed by atoms with van der Waals surface area (Å²) in [5.74, 6) is -6.02. The normalized spacial score (nSPS) is 11.2. The third kappa shape index (κ3) is 9.76. The van der Waals surface area contributed by atoms with Gasteiger partial charge < -0.3 is 10.6 Å². The van der Waals surface area contributed by atoms with Crippen molar-refractivity contribution in [3.63, 3.8) is 0 Å². The van der Waals surface area contributed by atoms with Gasteiger partial charge in [-0.05, 0) is 83.6 Å². The van der Waals surface area contributed by atoms with Crippen LogP contribution in [0.5, 0.6) is 0 Å². The molecule has 0 aliphatic heterocycles. The maximum absolute atomic E-state index is 13.4. The predicted octanol–water partition coefficient (Wildman–Crippen LogP) is 9.47. The SMILES string of the molecule is O=C(Nc1cccc(Cl)c1Cl)c1sccc1NS(=O)(=O)c1ccc(F)c(F)c1.O=C(Nc1ccccc1)c1sccc1NS(=O)(=O)c1ccc(F)c(F)c1. The Bertz CT molecular complexity index is 2570. The number of rotatable bonds is 10. The third-order valence-corrected chi connectivity index (χ3v) is 12.2. The van der Waals surface area contributed by atoms with Gasteiger partial charge in [-0.15, -0.1) is 22.7 Å².